The van der Waals surface area contributed by atoms with E-state index in [0.29, 0.717) is 0 Å². The summed E-state index contributed by atoms with van der Waals surface area (Å²) in [6.07, 6.45) is 1.07. The van der Waals surface area contributed by atoms with Gasteiger partial charge in [-0.25, -0.2) is 9.97 Å². The van der Waals surface area contributed by atoms with Crippen LogP contribution in [0.3, 0.4) is 0 Å². The highest BCUT2D eigenvalue weighted by molar-refractivity contribution is 5.65. The fourth-order valence-corrected chi connectivity index (χ4v) is 2.03. The van der Waals surface area contributed by atoms with E-state index in [1.54, 1.807) is 0 Å². The predicted octanol–water partition coefficient (Wildman–Crippen LogP) is 3.97. The lowest BCUT2D eigenvalue weighted by molar-refractivity contribution is 0.948. The van der Waals surface area contributed by atoms with Crippen molar-refractivity contribution in [1.82, 2.24) is 9.97 Å². The number of nitrogens with one attached hydrogen (secondary N) is 2. The number of benzene rings is 1. The van der Waals surface area contributed by atoms with Gasteiger partial charge in [-0.3, -0.25) is 0 Å². The molecule has 2 N–H and O–H groups in total. The number of nitrogens with zero attached hydrogens (tertiary/aromatic N) is 2. The molecule has 1 heterocycles. The molecule has 0 unspecified atom stereocenters. The standard InChI is InChI=1S/C16H22N4/c1-5-9-17-15-12(3)16(19-13(4)18-15)20-14-8-6-7-11(2)10-14/h6-8,10H,5,9H2,1-4H3,(H2,17,18,19,20). The zero-order chi connectivity index (χ0) is 14.5. The highest BCUT2D eigenvalue weighted by atomic mass is 15.1. The maximum atomic E-state index is 4.50. The van der Waals surface area contributed by atoms with Gasteiger partial charge in [-0.2, -0.15) is 0 Å². The van der Waals surface area contributed by atoms with E-state index in [0.717, 1.165) is 41.7 Å². The Hall–Kier alpha value is -2.10. The summed E-state index contributed by atoms with van der Waals surface area (Å²) >= 11 is 0. The summed E-state index contributed by atoms with van der Waals surface area (Å²) in [5, 5.41) is 6.73. The SMILES string of the molecule is CCCNc1nc(C)nc(Nc2cccc(C)c2)c1C. The van der Waals surface area contributed by atoms with E-state index in [1.165, 1.54) is 5.56 Å². The van der Waals surface area contributed by atoms with Crippen molar-refractivity contribution in [2.75, 3.05) is 17.2 Å². The van der Waals surface area contributed by atoms with Crippen LogP contribution in [0.25, 0.3) is 0 Å². The van der Waals surface area contributed by atoms with Gasteiger partial charge in [0.2, 0.25) is 0 Å². The molecule has 0 spiro atoms. The summed E-state index contributed by atoms with van der Waals surface area (Å²) in [5.74, 6) is 2.54. The van der Waals surface area contributed by atoms with Crippen molar-refractivity contribution >= 4 is 17.3 Å². The first-order valence-corrected chi connectivity index (χ1v) is 7.03. The minimum absolute atomic E-state index is 0.768. The van der Waals surface area contributed by atoms with E-state index in [-0.39, 0.29) is 0 Å². The maximum Gasteiger partial charge on any atom is 0.139 e. The Morgan fingerprint density at radius 3 is 2.50 bits per heavy atom. The van der Waals surface area contributed by atoms with Gasteiger partial charge in [-0.1, -0.05) is 19.1 Å². The number of aryl methyl sites for hydroxylation is 2. The van der Waals surface area contributed by atoms with Gasteiger partial charge in [-0.05, 0) is 44.9 Å². The first-order valence-electron chi connectivity index (χ1n) is 7.03. The molecule has 0 aliphatic heterocycles. The first kappa shape index (κ1) is 14.3. The van der Waals surface area contributed by atoms with Crippen LogP contribution in [0.2, 0.25) is 0 Å². The molecule has 4 heteroatoms. The quantitative estimate of drug-likeness (QED) is 0.863. The second-order valence-electron chi connectivity index (χ2n) is 5.01. The molecule has 0 amide bonds. The molecule has 1 aromatic carbocycles. The minimum Gasteiger partial charge on any atom is -0.370 e. The van der Waals surface area contributed by atoms with Gasteiger partial charge in [0.15, 0.2) is 0 Å². The lowest BCUT2D eigenvalue weighted by Gasteiger charge is -2.14. The lowest BCUT2D eigenvalue weighted by atomic mass is 10.2. The summed E-state index contributed by atoms with van der Waals surface area (Å²) in [5.41, 5.74) is 3.32. The minimum atomic E-state index is 0.768. The van der Waals surface area contributed by atoms with Crippen molar-refractivity contribution in [2.45, 2.75) is 34.1 Å². The average Bonchev–Trinajstić information content (AvgIpc) is 2.41. The molecule has 20 heavy (non-hydrogen) atoms. The van der Waals surface area contributed by atoms with Crippen molar-refractivity contribution < 1.29 is 0 Å². The fourth-order valence-electron chi connectivity index (χ4n) is 2.03. The zero-order valence-corrected chi connectivity index (χ0v) is 12.6. The van der Waals surface area contributed by atoms with E-state index in [9.17, 15) is 0 Å². The molecule has 2 aromatic rings. The van der Waals surface area contributed by atoms with Crippen molar-refractivity contribution in [2.24, 2.45) is 0 Å². The Balaban J connectivity index is 2.29. The Labute approximate surface area is 120 Å². The molecule has 1 aromatic heterocycles. The van der Waals surface area contributed by atoms with E-state index in [2.05, 4.69) is 46.6 Å². The average molecular weight is 270 g/mol. The second kappa shape index (κ2) is 6.37. The molecule has 2 rings (SSSR count). The van der Waals surface area contributed by atoms with Crippen molar-refractivity contribution in [3.63, 3.8) is 0 Å². The van der Waals surface area contributed by atoms with Crippen molar-refractivity contribution in [3.05, 3.63) is 41.2 Å². The zero-order valence-electron chi connectivity index (χ0n) is 12.6. The second-order valence-corrected chi connectivity index (χ2v) is 5.01. The van der Waals surface area contributed by atoms with Crippen LogP contribution in [-0.2, 0) is 0 Å². The van der Waals surface area contributed by atoms with E-state index < -0.39 is 0 Å². The van der Waals surface area contributed by atoms with E-state index in [1.807, 2.05) is 26.0 Å². The van der Waals surface area contributed by atoms with Gasteiger partial charge in [0.1, 0.15) is 17.5 Å². The summed E-state index contributed by atoms with van der Waals surface area (Å²) in [6, 6.07) is 8.27. The summed E-state index contributed by atoms with van der Waals surface area (Å²) < 4.78 is 0. The molecular weight excluding hydrogens is 248 g/mol. The molecule has 4 nitrogen and oxygen atoms in total. The summed E-state index contributed by atoms with van der Waals surface area (Å²) in [4.78, 5) is 8.97. The number of aromatic nitrogens is 2. The molecule has 0 saturated heterocycles. The van der Waals surface area contributed by atoms with Crippen LogP contribution in [0, 0.1) is 20.8 Å². The molecule has 106 valence electrons. The predicted molar refractivity (Wildman–Crippen MR) is 84.7 cm³/mol. The Bertz CT molecular complexity index is 593. The Kier molecular flexibility index (Phi) is 4.56. The van der Waals surface area contributed by atoms with Gasteiger partial charge in [-0.15, -0.1) is 0 Å². The summed E-state index contributed by atoms with van der Waals surface area (Å²) in [7, 11) is 0. The van der Waals surface area contributed by atoms with Crippen LogP contribution in [0.4, 0.5) is 17.3 Å². The molecular formula is C16H22N4. The smallest absolute Gasteiger partial charge is 0.139 e. The van der Waals surface area contributed by atoms with Gasteiger partial charge >= 0.3 is 0 Å². The maximum absolute atomic E-state index is 4.50. The molecule has 0 bridgehead atoms. The van der Waals surface area contributed by atoms with Gasteiger partial charge < -0.3 is 10.6 Å². The topological polar surface area (TPSA) is 49.8 Å². The Morgan fingerprint density at radius 2 is 1.80 bits per heavy atom. The van der Waals surface area contributed by atoms with Crippen molar-refractivity contribution in [1.29, 1.82) is 0 Å². The highest BCUT2D eigenvalue weighted by Crippen LogP contribution is 2.23. The molecule has 0 aliphatic carbocycles. The van der Waals surface area contributed by atoms with Crippen molar-refractivity contribution in [3.8, 4) is 0 Å². The number of hydrogen-bond acceptors (Lipinski definition) is 4. The van der Waals surface area contributed by atoms with Gasteiger partial charge in [0.05, 0.1) is 0 Å². The Morgan fingerprint density at radius 1 is 1.05 bits per heavy atom. The fraction of sp³-hybridized carbons (Fsp3) is 0.375. The molecule has 0 atom stereocenters. The van der Waals surface area contributed by atoms with Gasteiger partial charge in [0.25, 0.3) is 0 Å². The van der Waals surface area contributed by atoms with Crippen LogP contribution in [0.1, 0.15) is 30.3 Å². The van der Waals surface area contributed by atoms with Crippen LogP contribution < -0.4 is 10.6 Å². The lowest BCUT2D eigenvalue weighted by Crippen LogP contribution is -2.08. The number of rotatable bonds is 5. The summed E-state index contributed by atoms with van der Waals surface area (Å²) in [6.45, 7) is 9.09. The number of anilines is 3. The third kappa shape index (κ3) is 3.47. The van der Waals surface area contributed by atoms with Crippen LogP contribution >= 0.6 is 0 Å². The molecule has 0 fully saturated rings. The first-order chi connectivity index (χ1) is 9.60. The monoisotopic (exact) mass is 270 g/mol. The molecule has 0 saturated carbocycles. The molecule has 0 aliphatic rings. The van der Waals surface area contributed by atoms with Crippen LogP contribution in [0.15, 0.2) is 24.3 Å². The van der Waals surface area contributed by atoms with E-state index in [4.69, 9.17) is 0 Å². The molecule has 0 radical (unpaired) electrons. The normalized spacial score (nSPS) is 10.4. The largest absolute Gasteiger partial charge is 0.370 e. The van der Waals surface area contributed by atoms with Crippen LogP contribution in [-0.4, -0.2) is 16.5 Å². The van der Waals surface area contributed by atoms with Gasteiger partial charge in [0, 0.05) is 17.8 Å². The highest BCUT2D eigenvalue weighted by Gasteiger charge is 2.09. The number of hydrogen-bond donors (Lipinski definition) is 2. The third-order valence-electron chi connectivity index (χ3n) is 3.08. The van der Waals surface area contributed by atoms with E-state index >= 15 is 0 Å². The van der Waals surface area contributed by atoms with Crippen LogP contribution in [0.5, 0.6) is 0 Å². The third-order valence-corrected chi connectivity index (χ3v) is 3.08.